The van der Waals surface area contributed by atoms with E-state index in [1.165, 1.54) is 0 Å². The number of carbonyl (C=O) groups is 3. The summed E-state index contributed by atoms with van der Waals surface area (Å²) in [6.07, 6.45) is 0. The number of Topliss-reactive ketones (excluding diaryl/α,β-unsaturated/α-hetero) is 1. The van der Waals surface area contributed by atoms with Gasteiger partial charge in [0, 0.05) is 22.1 Å². The standard InChI is InChI=1S/C21H15BrN2O5S/c22-14-8-6-12(7-9-14)16(26)15-17(27)19(28)24(10-11-25)21(15)20(29)23-18(30-21)13-4-2-1-3-5-13/h1-9,25-26H,10-11H2/b16-15-. The highest BCUT2D eigenvalue weighted by atomic mass is 79.9. The zero-order valence-corrected chi connectivity index (χ0v) is 17.8. The molecule has 4 rings (SSSR count). The fourth-order valence-corrected chi connectivity index (χ4v) is 5.08. The molecule has 152 valence electrons. The Hall–Kier alpha value is -2.75. The van der Waals surface area contributed by atoms with Crippen LogP contribution in [0.25, 0.3) is 5.76 Å². The molecule has 1 spiro atoms. The fraction of sp³-hybridized carbons (Fsp3) is 0.143. The molecule has 1 unspecified atom stereocenters. The van der Waals surface area contributed by atoms with Crippen LogP contribution in [0.3, 0.4) is 0 Å². The third kappa shape index (κ3) is 3.10. The van der Waals surface area contributed by atoms with E-state index in [0.717, 1.165) is 21.1 Å². The molecule has 2 heterocycles. The smallest absolute Gasteiger partial charge is 0.296 e. The second-order valence-electron chi connectivity index (χ2n) is 6.57. The number of thioether (sulfide) groups is 1. The van der Waals surface area contributed by atoms with E-state index in [4.69, 9.17) is 0 Å². The third-order valence-corrected chi connectivity index (χ3v) is 6.77. The minimum absolute atomic E-state index is 0.252. The molecule has 2 aromatic carbocycles. The van der Waals surface area contributed by atoms with E-state index in [0.29, 0.717) is 10.6 Å². The number of benzene rings is 2. The van der Waals surface area contributed by atoms with Gasteiger partial charge in [0.1, 0.15) is 10.8 Å². The first-order valence-electron chi connectivity index (χ1n) is 8.94. The minimum Gasteiger partial charge on any atom is -0.507 e. The van der Waals surface area contributed by atoms with Crippen molar-refractivity contribution in [2.75, 3.05) is 13.2 Å². The van der Waals surface area contributed by atoms with Gasteiger partial charge in [0.25, 0.3) is 17.6 Å². The molecule has 2 aliphatic rings. The van der Waals surface area contributed by atoms with E-state index in [9.17, 15) is 24.6 Å². The van der Waals surface area contributed by atoms with Gasteiger partial charge in [-0.15, -0.1) is 0 Å². The molecule has 2 aliphatic heterocycles. The first-order chi connectivity index (χ1) is 14.4. The molecule has 2 amide bonds. The minimum atomic E-state index is -1.86. The van der Waals surface area contributed by atoms with Gasteiger partial charge in [-0.2, -0.15) is 0 Å². The molecule has 2 N–H and O–H groups in total. The fourth-order valence-electron chi connectivity index (χ4n) is 3.45. The lowest BCUT2D eigenvalue weighted by molar-refractivity contribution is -0.141. The lowest BCUT2D eigenvalue weighted by Crippen LogP contribution is -2.49. The zero-order valence-electron chi connectivity index (χ0n) is 15.4. The summed E-state index contributed by atoms with van der Waals surface area (Å²) in [5.74, 6) is -3.17. The van der Waals surface area contributed by atoms with Crippen molar-refractivity contribution < 1.29 is 24.6 Å². The van der Waals surface area contributed by atoms with Gasteiger partial charge in [-0.1, -0.05) is 70.2 Å². The van der Waals surface area contributed by atoms with Gasteiger partial charge in [0.15, 0.2) is 0 Å². The molecular formula is C21H15BrN2O5S. The maximum atomic E-state index is 13.2. The molecule has 0 saturated carbocycles. The Morgan fingerprint density at radius 2 is 1.73 bits per heavy atom. The monoisotopic (exact) mass is 486 g/mol. The second kappa shape index (κ2) is 7.82. The highest BCUT2D eigenvalue weighted by Crippen LogP contribution is 2.50. The number of aliphatic imine (C=N–C) groups is 1. The number of aliphatic hydroxyl groups excluding tert-OH is 2. The van der Waals surface area contributed by atoms with Crippen molar-refractivity contribution in [3.05, 3.63) is 75.8 Å². The van der Waals surface area contributed by atoms with Gasteiger partial charge in [-0.05, 0) is 12.1 Å². The van der Waals surface area contributed by atoms with Crippen molar-refractivity contribution in [3.8, 4) is 0 Å². The normalized spacial score (nSPS) is 22.8. The quantitative estimate of drug-likeness (QED) is 0.390. The molecule has 1 saturated heterocycles. The molecule has 9 heteroatoms. The van der Waals surface area contributed by atoms with E-state index in [1.807, 2.05) is 6.07 Å². The van der Waals surface area contributed by atoms with E-state index < -0.39 is 34.8 Å². The molecule has 0 aromatic heterocycles. The van der Waals surface area contributed by atoms with Crippen LogP contribution < -0.4 is 0 Å². The molecule has 2 aromatic rings. The predicted molar refractivity (Wildman–Crippen MR) is 116 cm³/mol. The van der Waals surface area contributed by atoms with Crippen LogP contribution in [0.15, 0.2) is 69.6 Å². The Balaban J connectivity index is 1.90. The average Bonchev–Trinajstić information content (AvgIpc) is 3.19. The van der Waals surface area contributed by atoms with Crippen molar-refractivity contribution in [2.45, 2.75) is 4.87 Å². The topological polar surface area (TPSA) is 107 Å². The highest BCUT2D eigenvalue weighted by Gasteiger charge is 2.64. The number of hydrogen-bond acceptors (Lipinski definition) is 6. The average molecular weight is 487 g/mol. The second-order valence-corrected chi connectivity index (χ2v) is 8.67. The van der Waals surface area contributed by atoms with E-state index in [1.54, 1.807) is 48.5 Å². The first-order valence-corrected chi connectivity index (χ1v) is 10.6. The molecule has 7 nitrogen and oxygen atoms in total. The summed E-state index contributed by atoms with van der Waals surface area (Å²) < 4.78 is 0.760. The molecule has 0 radical (unpaired) electrons. The number of likely N-dealkylation sites (tertiary alicyclic amines) is 1. The van der Waals surface area contributed by atoms with Crippen LogP contribution in [0.1, 0.15) is 11.1 Å². The van der Waals surface area contributed by atoms with Crippen LogP contribution in [-0.2, 0) is 14.4 Å². The maximum absolute atomic E-state index is 13.2. The third-order valence-electron chi connectivity index (χ3n) is 4.82. The number of carbonyl (C=O) groups excluding carboxylic acids is 3. The Labute approximate surface area is 184 Å². The van der Waals surface area contributed by atoms with Gasteiger partial charge in [-0.3, -0.25) is 14.4 Å². The van der Waals surface area contributed by atoms with Crippen LogP contribution in [0.5, 0.6) is 0 Å². The largest absolute Gasteiger partial charge is 0.507 e. The molecular weight excluding hydrogens is 472 g/mol. The Morgan fingerprint density at radius 1 is 1.07 bits per heavy atom. The van der Waals surface area contributed by atoms with Crippen LogP contribution >= 0.6 is 27.7 Å². The lowest BCUT2D eigenvalue weighted by Gasteiger charge is -2.31. The van der Waals surface area contributed by atoms with Gasteiger partial charge < -0.3 is 15.1 Å². The van der Waals surface area contributed by atoms with Crippen LogP contribution in [0.4, 0.5) is 0 Å². The summed E-state index contributed by atoms with van der Waals surface area (Å²) in [6, 6.07) is 15.3. The van der Waals surface area contributed by atoms with Crippen LogP contribution in [0.2, 0.25) is 0 Å². The number of amides is 2. The number of halogens is 1. The summed E-state index contributed by atoms with van der Waals surface area (Å²) in [5, 5.41) is 20.8. The zero-order chi connectivity index (χ0) is 21.5. The summed E-state index contributed by atoms with van der Waals surface area (Å²) in [7, 11) is 0. The van der Waals surface area contributed by atoms with Gasteiger partial charge in [-0.25, -0.2) is 4.99 Å². The molecule has 0 aliphatic carbocycles. The van der Waals surface area contributed by atoms with Gasteiger partial charge in [0.2, 0.25) is 4.87 Å². The molecule has 30 heavy (non-hydrogen) atoms. The Bertz CT molecular complexity index is 1110. The van der Waals surface area contributed by atoms with E-state index >= 15 is 0 Å². The maximum Gasteiger partial charge on any atom is 0.296 e. The van der Waals surface area contributed by atoms with Crippen LogP contribution in [0, 0.1) is 0 Å². The summed E-state index contributed by atoms with van der Waals surface area (Å²) >= 11 is 4.22. The summed E-state index contributed by atoms with van der Waals surface area (Å²) in [4.78, 5) is 42.0. The number of aliphatic hydroxyl groups is 2. The van der Waals surface area contributed by atoms with Crippen molar-refractivity contribution in [1.29, 1.82) is 0 Å². The van der Waals surface area contributed by atoms with Crippen molar-refractivity contribution in [1.82, 2.24) is 4.90 Å². The number of nitrogens with zero attached hydrogens (tertiary/aromatic N) is 2. The van der Waals surface area contributed by atoms with Crippen LogP contribution in [-0.4, -0.2) is 55.8 Å². The Morgan fingerprint density at radius 3 is 2.37 bits per heavy atom. The first kappa shape index (κ1) is 20.5. The SMILES string of the molecule is O=C1C(=O)N(CCO)C2(SC(c3ccccc3)=NC2=O)/C1=C(\O)c1ccc(Br)cc1. The molecule has 1 atom stereocenters. The number of rotatable bonds is 4. The summed E-state index contributed by atoms with van der Waals surface area (Å²) in [6.45, 7) is -0.709. The van der Waals surface area contributed by atoms with Gasteiger partial charge >= 0.3 is 0 Å². The van der Waals surface area contributed by atoms with E-state index in [-0.39, 0.29) is 17.7 Å². The van der Waals surface area contributed by atoms with Crippen molar-refractivity contribution >= 4 is 56.1 Å². The number of β-amino-alcohol motifs (C(OH)–C–C–N with tert-alkyl or cyclic N) is 1. The Kier molecular flexibility index (Phi) is 5.35. The number of ketones is 1. The lowest BCUT2D eigenvalue weighted by atomic mass is 10.00. The number of hydrogen-bond donors (Lipinski definition) is 2. The van der Waals surface area contributed by atoms with Crippen molar-refractivity contribution in [3.63, 3.8) is 0 Å². The van der Waals surface area contributed by atoms with E-state index in [2.05, 4.69) is 20.9 Å². The highest BCUT2D eigenvalue weighted by molar-refractivity contribution is 9.10. The molecule has 0 bridgehead atoms. The molecule has 1 fully saturated rings. The van der Waals surface area contributed by atoms with Gasteiger partial charge in [0.05, 0.1) is 12.2 Å². The predicted octanol–water partition coefficient (Wildman–Crippen LogP) is 2.54. The van der Waals surface area contributed by atoms with Crippen molar-refractivity contribution in [2.24, 2.45) is 4.99 Å². The summed E-state index contributed by atoms with van der Waals surface area (Å²) in [5.41, 5.74) is 0.583.